The lowest BCUT2D eigenvalue weighted by atomic mass is 10.1. The molecule has 0 radical (unpaired) electrons. The highest BCUT2D eigenvalue weighted by Crippen LogP contribution is 2.27. The normalized spacial score (nSPS) is 11.0. The number of hydrogen-bond donors (Lipinski definition) is 0. The second-order valence-corrected chi connectivity index (χ2v) is 5.03. The Kier molecular flexibility index (Phi) is 3.29. The summed E-state index contributed by atoms with van der Waals surface area (Å²) in [4.78, 5) is 10.6. The summed E-state index contributed by atoms with van der Waals surface area (Å²) < 4.78 is 18.5. The molecule has 0 saturated heterocycles. The van der Waals surface area contributed by atoms with Gasteiger partial charge in [0.15, 0.2) is 5.82 Å². The molecule has 2 heterocycles. The molecule has 0 amide bonds. The van der Waals surface area contributed by atoms with Crippen LogP contribution in [0.25, 0.3) is 10.9 Å². The van der Waals surface area contributed by atoms with Gasteiger partial charge in [0.25, 0.3) is 0 Å². The van der Waals surface area contributed by atoms with Gasteiger partial charge in [-0.1, -0.05) is 5.16 Å². The summed E-state index contributed by atoms with van der Waals surface area (Å²) >= 11 is 0. The van der Waals surface area contributed by atoms with E-state index < -0.39 is 0 Å². The van der Waals surface area contributed by atoms with Gasteiger partial charge in [-0.05, 0) is 31.2 Å². The molecule has 0 N–H and O–H groups in total. The van der Waals surface area contributed by atoms with Crippen molar-refractivity contribution in [2.75, 3.05) is 11.9 Å². The number of anilines is 1. The first kappa shape index (κ1) is 13.5. The molecular weight excluding hydrogens is 271 g/mol. The highest BCUT2D eigenvalue weighted by Gasteiger charge is 2.12. The lowest BCUT2D eigenvalue weighted by molar-refractivity contribution is 0.387. The number of benzene rings is 1. The van der Waals surface area contributed by atoms with Crippen LogP contribution in [0, 0.1) is 19.7 Å². The maximum Gasteiger partial charge on any atom is 0.223 e. The fourth-order valence-electron chi connectivity index (χ4n) is 2.33. The van der Waals surface area contributed by atoms with Crippen molar-refractivity contribution in [1.29, 1.82) is 0 Å². The summed E-state index contributed by atoms with van der Waals surface area (Å²) in [5.41, 5.74) is 2.53. The first-order chi connectivity index (χ1) is 10.0. The molecular formula is C15H15FN4O. The van der Waals surface area contributed by atoms with Gasteiger partial charge in [-0.15, -0.1) is 0 Å². The van der Waals surface area contributed by atoms with Crippen LogP contribution < -0.4 is 4.90 Å². The molecule has 0 aliphatic rings. The number of hydrogen-bond acceptors (Lipinski definition) is 5. The van der Waals surface area contributed by atoms with E-state index in [-0.39, 0.29) is 5.82 Å². The van der Waals surface area contributed by atoms with Crippen molar-refractivity contribution in [3.63, 3.8) is 0 Å². The second kappa shape index (κ2) is 5.12. The van der Waals surface area contributed by atoms with E-state index in [9.17, 15) is 4.39 Å². The molecule has 0 saturated carbocycles. The fourth-order valence-corrected chi connectivity index (χ4v) is 2.33. The first-order valence-corrected chi connectivity index (χ1v) is 6.60. The molecule has 21 heavy (non-hydrogen) atoms. The lowest BCUT2D eigenvalue weighted by Crippen LogP contribution is -2.18. The van der Waals surface area contributed by atoms with Crippen LogP contribution in [-0.4, -0.2) is 22.2 Å². The molecule has 0 fully saturated rings. The van der Waals surface area contributed by atoms with Crippen molar-refractivity contribution in [3.05, 3.63) is 47.5 Å². The molecule has 6 heteroatoms. The Bertz CT molecular complexity index is 799. The van der Waals surface area contributed by atoms with Crippen LogP contribution in [0.2, 0.25) is 0 Å². The van der Waals surface area contributed by atoms with Crippen LogP contribution in [0.15, 0.2) is 28.8 Å². The van der Waals surface area contributed by atoms with Crippen LogP contribution >= 0.6 is 0 Å². The Labute approximate surface area is 121 Å². The average Bonchev–Trinajstić information content (AvgIpc) is 2.83. The van der Waals surface area contributed by atoms with E-state index in [0.717, 1.165) is 22.3 Å². The smallest absolute Gasteiger partial charge is 0.223 e. The van der Waals surface area contributed by atoms with Crippen molar-refractivity contribution >= 4 is 16.6 Å². The highest BCUT2D eigenvalue weighted by atomic mass is 19.1. The van der Waals surface area contributed by atoms with E-state index in [1.54, 1.807) is 13.0 Å². The van der Waals surface area contributed by atoms with E-state index in [1.165, 1.54) is 12.1 Å². The monoisotopic (exact) mass is 286 g/mol. The Morgan fingerprint density at radius 1 is 1.19 bits per heavy atom. The summed E-state index contributed by atoms with van der Waals surface area (Å²) in [7, 11) is 1.91. The zero-order chi connectivity index (χ0) is 15.0. The number of fused-ring (bicyclic) bond motifs is 1. The largest absolute Gasteiger partial charge is 0.366 e. The molecule has 3 aromatic rings. The van der Waals surface area contributed by atoms with Crippen LogP contribution in [0.3, 0.4) is 0 Å². The number of aryl methyl sites for hydroxylation is 2. The number of nitrogens with zero attached hydrogens (tertiary/aromatic N) is 4. The molecule has 1 aromatic carbocycles. The van der Waals surface area contributed by atoms with Crippen LogP contribution in [0.1, 0.15) is 17.4 Å². The Balaban J connectivity index is 2.03. The zero-order valence-electron chi connectivity index (χ0n) is 12.1. The Morgan fingerprint density at radius 3 is 2.71 bits per heavy atom. The SMILES string of the molecule is Cc1cc(N(C)Cc2noc(C)n2)c2cc(F)ccc2n1. The molecule has 0 atom stereocenters. The van der Waals surface area contributed by atoms with Gasteiger partial charge in [0.05, 0.1) is 12.1 Å². The van der Waals surface area contributed by atoms with Gasteiger partial charge in [0, 0.05) is 30.7 Å². The number of pyridine rings is 1. The van der Waals surface area contributed by atoms with E-state index in [0.29, 0.717) is 18.3 Å². The van der Waals surface area contributed by atoms with Gasteiger partial charge in [-0.3, -0.25) is 4.98 Å². The molecule has 0 aliphatic heterocycles. The molecule has 2 aromatic heterocycles. The summed E-state index contributed by atoms with van der Waals surface area (Å²) in [5, 5.41) is 4.65. The van der Waals surface area contributed by atoms with Gasteiger partial charge in [0.2, 0.25) is 5.89 Å². The molecule has 0 spiro atoms. The summed E-state index contributed by atoms with van der Waals surface area (Å²) in [6, 6.07) is 6.53. The Morgan fingerprint density at radius 2 is 2.00 bits per heavy atom. The van der Waals surface area contributed by atoms with E-state index in [2.05, 4.69) is 15.1 Å². The summed E-state index contributed by atoms with van der Waals surface area (Å²) in [6.07, 6.45) is 0. The maximum absolute atomic E-state index is 13.5. The van der Waals surface area contributed by atoms with Crippen molar-refractivity contribution in [2.45, 2.75) is 20.4 Å². The standard InChI is InChI=1S/C15H15FN4O/c1-9-6-14(12-7-11(16)4-5-13(12)17-9)20(3)8-15-18-10(2)21-19-15/h4-7H,8H2,1-3H3. The lowest BCUT2D eigenvalue weighted by Gasteiger charge is -2.20. The quantitative estimate of drug-likeness (QED) is 0.740. The van der Waals surface area contributed by atoms with Gasteiger partial charge < -0.3 is 9.42 Å². The highest BCUT2D eigenvalue weighted by molar-refractivity contribution is 5.91. The molecule has 0 aliphatic carbocycles. The van der Waals surface area contributed by atoms with E-state index in [4.69, 9.17) is 4.52 Å². The van der Waals surface area contributed by atoms with E-state index >= 15 is 0 Å². The third-order valence-corrected chi connectivity index (χ3v) is 3.24. The molecule has 0 bridgehead atoms. The first-order valence-electron chi connectivity index (χ1n) is 6.60. The summed E-state index contributed by atoms with van der Waals surface area (Å²) in [5.74, 6) is 0.840. The Hall–Kier alpha value is -2.50. The minimum atomic E-state index is -0.279. The number of halogens is 1. The predicted molar refractivity (Wildman–Crippen MR) is 77.6 cm³/mol. The van der Waals surface area contributed by atoms with Crippen LogP contribution in [0.4, 0.5) is 10.1 Å². The molecule has 108 valence electrons. The van der Waals surface area contributed by atoms with Gasteiger partial charge in [0.1, 0.15) is 5.82 Å². The molecule has 5 nitrogen and oxygen atoms in total. The fraction of sp³-hybridized carbons (Fsp3) is 0.267. The van der Waals surface area contributed by atoms with Crippen molar-refractivity contribution < 1.29 is 8.91 Å². The van der Waals surface area contributed by atoms with E-state index in [1.807, 2.05) is 24.9 Å². The maximum atomic E-state index is 13.5. The van der Waals surface area contributed by atoms with Crippen molar-refractivity contribution in [3.8, 4) is 0 Å². The van der Waals surface area contributed by atoms with Gasteiger partial charge >= 0.3 is 0 Å². The van der Waals surface area contributed by atoms with Crippen LogP contribution in [0.5, 0.6) is 0 Å². The third kappa shape index (κ3) is 2.69. The number of rotatable bonds is 3. The average molecular weight is 286 g/mol. The zero-order valence-corrected chi connectivity index (χ0v) is 12.1. The predicted octanol–water partition coefficient (Wildman–Crippen LogP) is 3.01. The molecule has 0 unspecified atom stereocenters. The minimum Gasteiger partial charge on any atom is -0.366 e. The van der Waals surface area contributed by atoms with Gasteiger partial charge in [-0.25, -0.2) is 4.39 Å². The number of aromatic nitrogens is 3. The molecule has 3 rings (SSSR count). The van der Waals surface area contributed by atoms with Crippen molar-refractivity contribution in [2.24, 2.45) is 0 Å². The minimum absolute atomic E-state index is 0.279. The topological polar surface area (TPSA) is 55.1 Å². The third-order valence-electron chi connectivity index (χ3n) is 3.24. The van der Waals surface area contributed by atoms with Gasteiger partial charge in [-0.2, -0.15) is 4.98 Å². The van der Waals surface area contributed by atoms with Crippen LogP contribution in [-0.2, 0) is 6.54 Å². The summed E-state index contributed by atoms with van der Waals surface area (Å²) in [6.45, 7) is 4.14. The second-order valence-electron chi connectivity index (χ2n) is 5.03. The van der Waals surface area contributed by atoms with Crippen molar-refractivity contribution in [1.82, 2.24) is 15.1 Å².